The van der Waals surface area contributed by atoms with Crippen molar-refractivity contribution in [1.82, 2.24) is 9.80 Å². The summed E-state index contributed by atoms with van der Waals surface area (Å²) >= 11 is 0. The zero-order chi connectivity index (χ0) is 23.7. The lowest BCUT2D eigenvalue weighted by molar-refractivity contribution is -0.225. The van der Waals surface area contributed by atoms with Gasteiger partial charge in [0.2, 0.25) is 5.79 Å². The molecule has 0 aromatic heterocycles. The molecule has 1 fully saturated rings. The third-order valence-corrected chi connectivity index (χ3v) is 6.55. The van der Waals surface area contributed by atoms with Crippen LogP contribution in [0.1, 0.15) is 39.1 Å². The molecule has 1 saturated heterocycles. The van der Waals surface area contributed by atoms with E-state index in [1.165, 1.54) is 0 Å². The van der Waals surface area contributed by atoms with Crippen LogP contribution < -0.4 is 4.74 Å². The molecule has 0 aliphatic carbocycles. The van der Waals surface area contributed by atoms with E-state index in [-0.39, 0.29) is 11.8 Å². The minimum atomic E-state index is -0.684. The zero-order valence-electron chi connectivity index (χ0n) is 19.5. The van der Waals surface area contributed by atoms with Crippen LogP contribution in [0.4, 0.5) is 0 Å². The molecule has 34 heavy (non-hydrogen) atoms. The van der Waals surface area contributed by atoms with Gasteiger partial charge in [-0.15, -0.1) is 0 Å². The molecule has 0 unspecified atom stereocenters. The largest absolute Gasteiger partial charge is 0.462 e. The van der Waals surface area contributed by atoms with E-state index in [1.54, 1.807) is 19.0 Å². The minimum absolute atomic E-state index is 0.0133. The number of benzene rings is 3. The number of hydrogen-bond acceptors (Lipinski definition) is 4. The number of ether oxygens (including phenoxy) is 2. The Labute approximate surface area is 199 Å². The molecule has 2 aliphatic rings. The maximum Gasteiger partial charge on any atom is 0.253 e. The van der Waals surface area contributed by atoms with Crippen molar-refractivity contribution >= 4 is 11.8 Å². The summed E-state index contributed by atoms with van der Waals surface area (Å²) in [6.45, 7) is 1.66. The average molecular weight is 457 g/mol. The maximum absolute atomic E-state index is 12.8. The number of piperidine rings is 1. The van der Waals surface area contributed by atoms with Gasteiger partial charge in [-0.3, -0.25) is 9.59 Å². The molecule has 0 bridgehead atoms. The first kappa shape index (κ1) is 22.2. The van der Waals surface area contributed by atoms with Crippen molar-refractivity contribution in [3.63, 3.8) is 0 Å². The summed E-state index contributed by atoms with van der Waals surface area (Å²) in [7, 11) is 3.50. The Hall–Kier alpha value is -3.64. The molecule has 2 aliphatic heterocycles. The molecule has 3 aromatic rings. The van der Waals surface area contributed by atoms with E-state index >= 15 is 0 Å². The number of rotatable bonds is 3. The molecule has 0 saturated carbocycles. The Balaban J connectivity index is 1.26. The molecular weight excluding hydrogens is 428 g/mol. The molecule has 0 radical (unpaired) electrons. The van der Waals surface area contributed by atoms with Crippen molar-refractivity contribution in [2.75, 3.05) is 27.2 Å². The van der Waals surface area contributed by atoms with Gasteiger partial charge in [0, 0.05) is 56.7 Å². The SMILES string of the molecule is CN(C)C(=O)c1ccc(-c2ccc3c(c2)COC2(CCN(C(=O)c4ccccc4)CC2)O3)cc1. The zero-order valence-corrected chi connectivity index (χ0v) is 19.5. The standard InChI is InChI=1S/C28H28N2O4/c1-29(2)26(31)22-10-8-20(9-11-22)23-12-13-25-24(18-23)19-33-28(34-25)14-16-30(17-15-28)27(32)21-6-4-3-5-7-21/h3-13,18H,14-17,19H2,1-2H3. The quantitative estimate of drug-likeness (QED) is 0.578. The third-order valence-electron chi connectivity index (χ3n) is 6.55. The molecule has 174 valence electrons. The Morgan fingerprint density at radius 1 is 0.853 bits per heavy atom. The maximum atomic E-state index is 12.8. The topological polar surface area (TPSA) is 59.1 Å². The van der Waals surface area contributed by atoms with Gasteiger partial charge in [-0.1, -0.05) is 36.4 Å². The van der Waals surface area contributed by atoms with E-state index in [0.717, 1.165) is 22.4 Å². The van der Waals surface area contributed by atoms with Crippen LogP contribution in [0.5, 0.6) is 5.75 Å². The van der Waals surface area contributed by atoms with Crippen molar-refractivity contribution in [2.24, 2.45) is 0 Å². The molecule has 2 heterocycles. The van der Waals surface area contributed by atoms with E-state index in [0.29, 0.717) is 43.7 Å². The number of fused-ring (bicyclic) bond motifs is 1. The number of amides is 2. The van der Waals surface area contributed by atoms with Crippen LogP contribution in [-0.4, -0.2) is 54.6 Å². The first-order chi connectivity index (χ1) is 16.4. The highest BCUT2D eigenvalue weighted by atomic mass is 16.7. The summed E-state index contributed by atoms with van der Waals surface area (Å²) in [4.78, 5) is 28.3. The molecule has 1 spiro atoms. The highest BCUT2D eigenvalue weighted by molar-refractivity contribution is 5.94. The predicted octanol–water partition coefficient (Wildman–Crippen LogP) is 4.60. The fraction of sp³-hybridized carbons (Fsp3) is 0.286. The fourth-order valence-electron chi connectivity index (χ4n) is 4.53. The van der Waals surface area contributed by atoms with Gasteiger partial charge >= 0.3 is 0 Å². The van der Waals surface area contributed by atoms with E-state index in [4.69, 9.17) is 9.47 Å². The molecular formula is C28H28N2O4. The summed E-state index contributed by atoms with van der Waals surface area (Å²) < 4.78 is 12.6. The molecule has 2 amide bonds. The van der Waals surface area contributed by atoms with Crippen LogP contribution >= 0.6 is 0 Å². The second-order valence-electron chi connectivity index (χ2n) is 9.06. The highest BCUT2D eigenvalue weighted by Crippen LogP contribution is 2.39. The van der Waals surface area contributed by atoms with Gasteiger partial charge < -0.3 is 19.3 Å². The minimum Gasteiger partial charge on any atom is -0.462 e. The molecule has 3 aromatic carbocycles. The summed E-state index contributed by atoms with van der Waals surface area (Å²) in [6.07, 6.45) is 1.27. The molecule has 5 rings (SSSR count). The van der Waals surface area contributed by atoms with E-state index in [1.807, 2.05) is 71.6 Å². The Morgan fingerprint density at radius 3 is 2.21 bits per heavy atom. The van der Waals surface area contributed by atoms with Crippen LogP contribution in [0.2, 0.25) is 0 Å². The van der Waals surface area contributed by atoms with E-state index in [9.17, 15) is 9.59 Å². The van der Waals surface area contributed by atoms with Crippen molar-refractivity contribution < 1.29 is 19.1 Å². The summed E-state index contributed by atoms with van der Waals surface area (Å²) in [5.41, 5.74) is 4.46. The van der Waals surface area contributed by atoms with Crippen LogP contribution in [0, 0.1) is 0 Å². The Morgan fingerprint density at radius 2 is 1.53 bits per heavy atom. The first-order valence-corrected chi connectivity index (χ1v) is 11.6. The highest BCUT2D eigenvalue weighted by Gasteiger charge is 2.42. The molecule has 6 heteroatoms. The summed E-state index contributed by atoms with van der Waals surface area (Å²) in [6, 6.07) is 23.1. The number of hydrogen-bond donors (Lipinski definition) is 0. The monoisotopic (exact) mass is 456 g/mol. The van der Waals surface area contributed by atoms with E-state index < -0.39 is 5.79 Å². The van der Waals surface area contributed by atoms with Crippen molar-refractivity contribution in [1.29, 1.82) is 0 Å². The fourth-order valence-corrected chi connectivity index (χ4v) is 4.53. The lowest BCUT2D eigenvalue weighted by Crippen LogP contribution is -2.52. The van der Waals surface area contributed by atoms with E-state index in [2.05, 4.69) is 6.07 Å². The molecule has 0 N–H and O–H groups in total. The number of carbonyl (C=O) groups excluding carboxylic acids is 2. The lowest BCUT2D eigenvalue weighted by atomic mass is 9.98. The second-order valence-corrected chi connectivity index (χ2v) is 9.06. The van der Waals surface area contributed by atoms with Crippen molar-refractivity contribution in [3.8, 4) is 16.9 Å². The smallest absolute Gasteiger partial charge is 0.253 e. The summed E-state index contributed by atoms with van der Waals surface area (Å²) in [5, 5.41) is 0. The Bertz CT molecular complexity index is 1200. The lowest BCUT2D eigenvalue weighted by Gasteiger charge is -2.44. The van der Waals surface area contributed by atoms with Crippen LogP contribution in [0.15, 0.2) is 72.8 Å². The van der Waals surface area contributed by atoms with Crippen LogP contribution in [0.25, 0.3) is 11.1 Å². The van der Waals surface area contributed by atoms with Gasteiger partial charge in [0.05, 0.1) is 6.61 Å². The number of likely N-dealkylation sites (tertiary alicyclic amines) is 1. The Kier molecular flexibility index (Phi) is 5.84. The van der Waals surface area contributed by atoms with Crippen molar-refractivity contribution in [3.05, 3.63) is 89.5 Å². The molecule has 0 atom stereocenters. The average Bonchev–Trinajstić information content (AvgIpc) is 2.88. The van der Waals surface area contributed by atoms with Gasteiger partial charge in [-0.25, -0.2) is 0 Å². The van der Waals surface area contributed by atoms with Crippen LogP contribution in [-0.2, 0) is 11.3 Å². The van der Waals surface area contributed by atoms with Gasteiger partial charge in [-0.05, 0) is 47.5 Å². The number of nitrogens with zero attached hydrogens (tertiary/aromatic N) is 2. The van der Waals surface area contributed by atoms with Crippen molar-refractivity contribution in [2.45, 2.75) is 25.2 Å². The second kappa shape index (κ2) is 8.95. The summed E-state index contributed by atoms with van der Waals surface area (Å²) in [5.74, 6) is 0.184. The van der Waals surface area contributed by atoms with Gasteiger partial charge in [-0.2, -0.15) is 0 Å². The van der Waals surface area contributed by atoms with Gasteiger partial charge in [0.25, 0.3) is 11.8 Å². The third kappa shape index (κ3) is 4.29. The first-order valence-electron chi connectivity index (χ1n) is 11.6. The predicted molar refractivity (Wildman–Crippen MR) is 130 cm³/mol. The molecule has 6 nitrogen and oxygen atoms in total. The normalized spacial score (nSPS) is 16.5. The van der Waals surface area contributed by atoms with Gasteiger partial charge in [0.1, 0.15) is 5.75 Å². The van der Waals surface area contributed by atoms with Crippen LogP contribution in [0.3, 0.4) is 0 Å². The van der Waals surface area contributed by atoms with Gasteiger partial charge in [0.15, 0.2) is 0 Å². The number of carbonyl (C=O) groups is 2.